The summed E-state index contributed by atoms with van der Waals surface area (Å²) < 4.78 is 43.1. The molecule has 0 aliphatic carbocycles. The topological polar surface area (TPSA) is 88.9 Å². The van der Waals surface area contributed by atoms with Crippen LogP contribution in [0, 0.1) is 0 Å². The standard InChI is InChI=1S/C15H18F3N3O4/c1-3-25-14(24)20-13(23)9-21(2)8-12(22)19-11-7-5-4-6-10(11)15(16,17)18/h4-7H,3,8-9H2,1-2H3,(H,19,22)(H,20,23,24)/p+1. The third-order valence-corrected chi connectivity index (χ3v) is 2.95. The molecule has 0 heterocycles. The summed E-state index contributed by atoms with van der Waals surface area (Å²) in [5.41, 5.74) is -1.31. The average Bonchev–Trinajstić information content (AvgIpc) is 2.45. The number of amides is 3. The fourth-order valence-corrected chi connectivity index (χ4v) is 1.97. The van der Waals surface area contributed by atoms with Gasteiger partial charge in [0.05, 0.1) is 24.9 Å². The lowest BCUT2D eigenvalue weighted by Gasteiger charge is -2.16. The van der Waals surface area contributed by atoms with E-state index in [0.29, 0.717) is 4.90 Å². The number of carbonyl (C=O) groups excluding carboxylic acids is 3. The van der Waals surface area contributed by atoms with Gasteiger partial charge in [-0.2, -0.15) is 13.2 Å². The summed E-state index contributed by atoms with van der Waals surface area (Å²) in [6.45, 7) is 1.18. The van der Waals surface area contributed by atoms with E-state index in [0.717, 1.165) is 12.1 Å². The number of para-hydroxylation sites is 1. The minimum atomic E-state index is -4.60. The zero-order chi connectivity index (χ0) is 19.0. The average molecular weight is 362 g/mol. The van der Waals surface area contributed by atoms with E-state index in [-0.39, 0.29) is 25.4 Å². The number of rotatable bonds is 6. The number of hydrogen-bond acceptors (Lipinski definition) is 4. The number of quaternary nitrogens is 1. The first-order valence-corrected chi connectivity index (χ1v) is 7.37. The third-order valence-electron chi connectivity index (χ3n) is 2.95. The third kappa shape index (κ3) is 7.21. The first-order valence-electron chi connectivity index (χ1n) is 7.37. The highest BCUT2D eigenvalue weighted by atomic mass is 19.4. The minimum Gasteiger partial charge on any atom is -0.450 e. The van der Waals surface area contributed by atoms with Gasteiger partial charge in [0, 0.05) is 0 Å². The molecule has 0 bridgehead atoms. The SMILES string of the molecule is CCOC(=O)NC(=O)C[NH+](C)CC(=O)Nc1ccccc1C(F)(F)F. The van der Waals surface area contributed by atoms with Gasteiger partial charge in [0.2, 0.25) is 0 Å². The van der Waals surface area contributed by atoms with E-state index in [4.69, 9.17) is 0 Å². The van der Waals surface area contributed by atoms with Crippen LogP contribution in [0.3, 0.4) is 0 Å². The Kier molecular flexibility index (Phi) is 7.37. The van der Waals surface area contributed by atoms with E-state index in [1.54, 1.807) is 6.92 Å². The van der Waals surface area contributed by atoms with Crippen LogP contribution in [0.1, 0.15) is 12.5 Å². The van der Waals surface area contributed by atoms with Gasteiger partial charge in [-0.15, -0.1) is 0 Å². The van der Waals surface area contributed by atoms with Crippen molar-refractivity contribution in [1.29, 1.82) is 0 Å². The van der Waals surface area contributed by atoms with Crippen LogP contribution in [-0.2, 0) is 20.5 Å². The number of nitrogens with one attached hydrogen (secondary N) is 3. The lowest BCUT2D eigenvalue weighted by molar-refractivity contribution is -0.862. The van der Waals surface area contributed by atoms with Crippen molar-refractivity contribution >= 4 is 23.6 Å². The van der Waals surface area contributed by atoms with Gasteiger partial charge in [0.25, 0.3) is 11.8 Å². The molecule has 0 saturated carbocycles. The second-order valence-electron chi connectivity index (χ2n) is 5.17. The molecule has 0 saturated heterocycles. The first-order chi connectivity index (χ1) is 11.6. The van der Waals surface area contributed by atoms with E-state index in [2.05, 4.69) is 10.1 Å². The van der Waals surface area contributed by atoms with Crippen LogP contribution in [0.15, 0.2) is 24.3 Å². The van der Waals surface area contributed by atoms with Crippen molar-refractivity contribution in [2.45, 2.75) is 13.1 Å². The van der Waals surface area contributed by atoms with Crippen molar-refractivity contribution in [2.24, 2.45) is 0 Å². The molecule has 3 N–H and O–H groups in total. The maximum absolute atomic E-state index is 12.9. The molecule has 1 unspecified atom stereocenters. The van der Waals surface area contributed by atoms with Crippen molar-refractivity contribution in [1.82, 2.24) is 5.32 Å². The van der Waals surface area contributed by atoms with Crippen molar-refractivity contribution in [3.8, 4) is 0 Å². The molecule has 1 rings (SSSR count). The van der Waals surface area contributed by atoms with E-state index >= 15 is 0 Å². The molecule has 0 aromatic heterocycles. The molecule has 138 valence electrons. The number of ether oxygens (including phenoxy) is 1. The molecule has 0 spiro atoms. The monoisotopic (exact) mass is 362 g/mol. The summed E-state index contributed by atoms with van der Waals surface area (Å²) in [5, 5.41) is 4.14. The van der Waals surface area contributed by atoms with Crippen LogP contribution in [0.25, 0.3) is 0 Å². The summed E-state index contributed by atoms with van der Waals surface area (Å²) in [4.78, 5) is 34.9. The van der Waals surface area contributed by atoms with E-state index < -0.39 is 29.6 Å². The molecule has 0 fully saturated rings. The number of halogens is 3. The highest BCUT2D eigenvalue weighted by molar-refractivity contribution is 5.93. The van der Waals surface area contributed by atoms with Gasteiger partial charge in [-0.3, -0.25) is 14.9 Å². The Morgan fingerprint density at radius 1 is 1.12 bits per heavy atom. The lowest BCUT2D eigenvalue weighted by atomic mass is 10.1. The summed E-state index contributed by atoms with van der Waals surface area (Å²) in [5.74, 6) is -1.36. The number of imide groups is 1. The summed E-state index contributed by atoms with van der Waals surface area (Å²) in [7, 11) is 1.49. The molecule has 1 aromatic carbocycles. The molecule has 0 aliphatic rings. The quantitative estimate of drug-likeness (QED) is 0.685. The Morgan fingerprint density at radius 3 is 2.32 bits per heavy atom. The van der Waals surface area contributed by atoms with Crippen LogP contribution < -0.4 is 15.5 Å². The molecule has 10 heteroatoms. The maximum atomic E-state index is 12.9. The van der Waals surface area contributed by atoms with Crippen molar-refractivity contribution < 1.29 is 37.2 Å². The molecular formula is C15H19F3N3O4+. The summed E-state index contributed by atoms with van der Waals surface area (Å²) in [6, 6.07) is 4.59. The van der Waals surface area contributed by atoms with Gasteiger partial charge < -0.3 is 15.0 Å². The summed E-state index contributed by atoms with van der Waals surface area (Å²) in [6.07, 6.45) is -5.49. The highest BCUT2D eigenvalue weighted by Gasteiger charge is 2.33. The van der Waals surface area contributed by atoms with Crippen molar-refractivity contribution in [3.63, 3.8) is 0 Å². The lowest BCUT2D eigenvalue weighted by Crippen LogP contribution is -3.11. The summed E-state index contributed by atoms with van der Waals surface area (Å²) >= 11 is 0. The van der Waals surface area contributed by atoms with Crippen LogP contribution in [-0.4, -0.2) is 44.7 Å². The number of carbonyl (C=O) groups is 3. The molecule has 0 aliphatic heterocycles. The van der Waals surface area contributed by atoms with Gasteiger partial charge in [0.1, 0.15) is 0 Å². The number of anilines is 1. The largest absolute Gasteiger partial charge is 0.450 e. The number of hydrogen-bond donors (Lipinski definition) is 3. The van der Waals surface area contributed by atoms with Crippen molar-refractivity contribution in [3.05, 3.63) is 29.8 Å². The van der Waals surface area contributed by atoms with E-state index in [9.17, 15) is 27.6 Å². The Balaban J connectivity index is 2.57. The van der Waals surface area contributed by atoms with Crippen molar-refractivity contribution in [2.75, 3.05) is 32.1 Å². The zero-order valence-electron chi connectivity index (χ0n) is 13.7. The first kappa shape index (κ1) is 20.4. The Labute approximate surface area is 142 Å². The van der Waals surface area contributed by atoms with Crippen LogP contribution >= 0.6 is 0 Å². The number of alkyl carbamates (subject to hydrolysis) is 1. The number of alkyl halides is 3. The van der Waals surface area contributed by atoms with E-state index in [1.807, 2.05) is 5.32 Å². The second kappa shape index (κ2) is 9.02. The predicted octanol–water partition coefficient (Wildman–Crippen LogP) is 0.431. The van der Waals surface area contributed by atoms with E-state index in [1.165, 1.54) is 19.2 Å². The maximum Gasteiger partial charge on any atom is 0.418 e. The smallest absolute Gasteiger partial charge is 0.418 e. The van der Waals surface area contributed by atoms with Crippen LogP contribution in [0.2, 0.25) is 0 Å². The predicted molar refractivity (Wildman–Crippen MR) is 81.9 cm³/mol. The van der Waals surface area contributed by atoms with Gasteiger partial charge >= 0.3 is 12.3 Å². The zero-order valence-corrected chi connectivity index (χ0v) is 13.7. The fourth-order valence-electron chi connectivity index (χ4n) is 1.97. The second-order valence-corrected chi connectivity index (χ2v) is 5.17. The number of likely N-dealkylation sites (N-methyl/N-ethyl adjacent to an activating group) is 1. The van der Waals surface area contributed by atoms with Crippen LogP contribution in [0.5, 0.6) is 0 Å². The molecular weight excluding hydrogens is 343 g/mol. The van der Waals surface area contributed by atoms with Gasteiger partial charge in [0.15, 0.2) is 13.1 Å². The minimum absolute atomic E-state index is 0.100. The molecule has 1 atom stereocenters. The Morgan fingerprint density at radius 2 is 1.72 bits per heavy atom. The fraction of sp³-hybridized carbons (Fsp3) is 0.400. The molecule has 25 heavy (non-hydrogen) atoms. The normalized spacial score (nSPS) is 12.2. The van der Waals surface area contributed by atoms with Gasteiger partial charge in [-0.05, 0) is 19.1 Å². The van der Waals surface area contributed by atoms with Gasteiger partial charge in [-0.25, -0.2) is 4.79 Å². The Bertz CT molecular complexity index is 635. The highest BCUT2D eigenvalue weighted by Crippen LogP contribution is 2.34. The molecule has 0 radical (unpaired) electrons. The van der Waals surface area contributed by atoms with Crippen LogP contribution in [0.4, 0.5) is 23.7 Å². The molecule has 3 amide bonds. The van der Waals surface area contributed by atoms with Gasteiger partial charge in [-0.1, -0.05) is 12.1 Å². The Hall–Kier alpha value is -2.62. The molecule has 1 aromatic rings. The molecule has 7 nitrogen and oxygen atoms in total. The number of benzene rings is 1.